The van der Waals surface area contributed by atoms with E-state index in [1.165, 1.54) is 24.8 Å². The Labute approximate surface area is 151 Å². The topological polar surface area (TPSA) is 33.7 Å². The summed E-state index contributed by atoms with van der Waals surface area (Å²) in [5, 5.41) is 3.45. The summed E-state index contributed by atoms with van der Waals surface area (Å²) in [6.07, 6.45) is 4.05. The molecule has 1 aliphatic carbocycles. The van der Waals surface area contributed by atoms with E-state index in [0.717, 1.165) is 43.6 Å². The number of methoxy groups -OCH3 is 2. The number of piperazine rings is 1. The number of benzene rings is 1. The maximum absolute atomic E-state index is 5.46. The Morgan fingerprint density at radius 1 is 1.00 bits per heavy atom. The first-order valence-corrected chi connectivity index (χ1v) is 7.99. The first-order valence-electron chi connectivity index (χ1n) is 7.99. The molecule has 1 aromatic rings. The van der Waals surface area contributed by atoms with E-state index in [1.807, 2.05) is 6.07 Å². The third kappa shape index (κ3) is 4.66. The van der Waals surface area contributed by atoms with Gasteiger partial charge in [0.05, 0.1) is 14.2 Å². The number of hydrogen-bond acceptors (Lipinski definition) is 4. The molecule has 3 rings (SSSR count). The van der Waals surface area contributed by atoms with E-state index in [9.17, 15) is 0 Å². The Balaban J connectivity index is 0.00000132. The fourth-order valence-electron chi connectivity index (χ4n) is 3.50. The molecule has 1 N–H and O–H groups in total. The summed E-state index contributed by atoms with van der Waals surface area (Å²) >= 11 is 0. The van der Waals surface area contributed by atoms with Crippen molar-refractivity contribution in [2.24, 2.45) is 5.92 Å². The monoisotopic (exact) mass is 362 g/mol. The molecular formula is C17H28Cl2N2O2. The molecule has 1 aliphatic heterocycles. The highest BCUT2D eigenvalue weighted by Gasteiger charge is 2.34. The molecule has 1 saturated heterocycles. The van der Waals surface area contributed by atoms with E-state index >= 15 is 0 Å². The minimum atomic E-state index is 0. The lowest BCUT2D eigenvalue weighted by atomic mass is 9.76. The SMILES string of the molecule is COc1cc(OC)cc([C@H](C2CCC2)N2CCNCC2)c1.Cl.Cl. The number of hydrogen-bond donors (Lipinski definition) is 1. The van der Waals surface area contributed by atoms with Gasteiger partial charge in [0.2, 0.25) is 0 Å². The number of rotatable bonds is 5. The van der Waals surface area contributed by atoms with Gasteiger partial charge in [0, 0.05) is 38.3 Å². The molecular weight excluding hydrogens is 335 g/mol. The van der Waals surface area contributed by atoms with Gasteiger partial charge in [-0.25, -0.2) is 0 Å². The zero-order valence-electron chi connectivity index (χ0n) is 13.9. The van der Waals surface area contributed by atoms with Crippen LogP contribution in [0.25, 0.3) is 0 Å². The number of ether oxygens (including phenoxy) is 2. The second kappa shape index (κ2) is 9.58. The van der Waals surface area contributed by atoms with Crippen LogP contribution in [0.4, 0.5) is 0 Å². The van der Waals surface area contributed by atoms with E-state index in [-0.39, 0.29) is 24.8 Å². The van der Waals surface area contributed by atoms with Gasteiger partial charge in [-0.2, -0.15) is 0 Å². The van der Waals surface area contributed by atoms with Crippen LogP contribution in [0.1, 0.15) is 30.9 Å². The molecule has 0 aromatic heterocycles. The first kappa shape index (κ1) is 20.4. The van der Waals surface area contributed by atoms with Crippen molar-refractivity contribution >= 4 is 24.8 Å². The van der Waals surface area contributed by atoms with Gasteiger partial charge in [0.1, 0.15) is 11.5 Å². The van der Waals surface area contributed by atoms with E-state index in [0.29, 0.717) is 6.04 Å². The molecule has 1 aromatic carbocycles. The van der Waals surface area contributed by atoms with Gasteiger partial charge in [-0.3, -0.25) is 4.90 Å². The standard InChI is InChI=1S/C17H26N2O2.2ClH/c1-20-15-10-14(11-16(12-15)21-2)17(13-4-3-5-13)19-8-6-18-7-9-19;;/h10-13,17-18H,3-9H2,1-2H3;2*1H/t17-;;/m0../s1. The van der Waals surface area contributed by atoms with Crippen LogP contribution in [-0.4, -0.2) is 45.3 Å². The van der Waals surface area contributed by atoms with E-state index in [2.05, 4.69) is 22.3 Å². The Morgan fingerprint density at radius 2 is 1.57 bits per heavy atom. The number of nitrogens with zero attached hydrogens (tertiary/aromatic N) is 1. The van der Waals surface area contributed by atoms with Crippen molar-refractivity contribution in [2.75, 3.05) is 40.4 Å². The normalized spacial score (nSPS) is 19.7. The molecule has 4 nitrogen and oxygen atoms in total. The average Bonchev–Trinajstić information content (AvgIpc) is 2.50. The summed E-state index contributed by atoms with van der Waals surface area (Å²) in [6.45, 7) is 4.43. The van der Waals surface area contributed by atoms with E-state index in [4.69, 9.17) is 9.47 Å². The van der Waals surface area contributed by atoms with Crippen molar-refractivity contribution in [3.05, 3.63) is 23.8 Å². The summed E-state index contributed by atoms with van der Waals surface area (Å²) in [5.41, 5.74) is 1.35. The molecule has 0 bridgehead atoms. The third-order valence-corrected chi connectivity index (χ3v) is 4.86. The van der Waals surface area contributed by atoms with Crippen molar-refractivity contribution in [1.29, 1.82) is 0 Å². The van der Waals surface area contributed by atoms with Crippen molar-refractivity contribution < 1.29 is 9.47 Å². The smallest absolute Gasteiger partial charge is 0.122 e. The van der Waals surface area contributed by atoms with Crippen LogP contribution in [0.15, 0.2) is 18.2 Å². The van der Waals surface area contributed by atoms with E-state index < -0.39 is 0 Å². The predicted molar refractivity (Wildman–Crippen MR) is 98.6 cm³/mol. The Hall–Kier alpha value is -0.680. The van der Waals surface area contributed by atoms with Crippen LogP contribution in [0, 0.1) is 5.92 Å². The molecule has 6 heteroatoms. The van der Waals surface area contributed by atoms with Gasteiger partial charge in [-0.05, 0) is 36.5 Å². The third-order valence-electron chi connectivity index (χ3n) is 4.86. The fraction of sp³-hybridized carbons (Fsp3) is 0.647. The largest absolute Gasteiger partial charge is 0.497 e. The molecule has 1 saturated carbocycles. The quantitative estimate of drug-likeness (QED) is 0.871. The Kier molecular flexibility index (Phi) is 8.48. The summed E-state index contributed by atoms with van der Waals surface area (Å²) in [4.78, 5) is 2.63. The minimum Gasteiger partial charge on any atom is -0.497 e. The molecule has 23 heavy (non-hydrogen) atoms. The van der Waals surface area contributed by atoms with E-state index in [1.54, 1.807) is 14.2 Å². The molecule has 2 aliphatic rings. The highest BCUT2D eigenvalue weighted by molar-refractivity contribution is 5.85. The van der Waals surface area contributed by atoms with Gasteiger partial charge in [-0.1, -0.05) is 6.42 Å². The molecule has 132 valence electrons. The number of nitrogens with one attached hydrogen (secondary N) is 1. The fourth-order valence-corrected chi connectivity index (χ4v) is 3.50. The Morgan fingerprint density at radius 3 is 2.00 bits per heavy atom. The van der Waals surface area contributed by atoms with Gasteiger partial charge < -0.3 is 14.8 Å². The molecule has 0 spiro atoms. The molecule has 0 unspecified atom stereocenters. The predicted octanol–water partition coefficient (Wildman–Crippen LogP) is 3.29. The van der Waals surface area contributed by atoms with Gasteiger partial charge in [0.25, 0.3) is 0 Å². The molecule has 0 amide bonds. The number of halogens is 2. The van der Waals surface area contributed by atoms with Crippen molar-refractivity contribution in [1.82, 2.24) is 10.2 Å². The summed E-state index contributed by atoms with van der Waals surface area (Å²) in [6, 6.07) is 6.84. The maximum atomic E-state index is 5.46. The highest BCUT2D eigenvalue weighted by atomic mass is 35.5. The molecule has 0 radical (unpaired) electrons. The molecule has 2 fully saturated rings. The highest BCUT2D eigenvalue weighted by Crippen LogP contribution is 2.43. The first-order chi connectivity index (χ1) is 10.3. The lowest BCUT2D eigenvalue weighted by molar-refractivity contribution is 0.0834. The van der Waals surface area contributed by atoms with Gasteiger partial charge in [-0.15, -0.1) is 24.8 Å². The van der Waals surface area contributed by atoms with Gasteiger partial charge in [0.15, 0.2) is 0 Å². The zero-order chi connectivity index (χ0) is 14.7. The summed E-state index contributed by atoms with van der Waals surface area (Å²) in [5.74, 6) is 2.56. The summed E-state index contributed by atoms with van der Waals surface area (Å²) in [7, 11) is 3.45. The Bertz CT molecular complexity index is 455. The second-order valence-corrected chi connectivity index (χ2v) is 6.07. The molecule has 1 heterocycles. The van der Waals surface area contributed by atoms with Crippen LogP contribution in [0.3, 0.4) is 0 Å². The maximum Gasteiger partial charge on any atom is 0.122 e. The zero-order valence-corrected chi connectivity index (χ0v) is 15.5. The van der Waals surface area contributed by atoms with Crippen LogP contribution >= 0.6 is 24.8 Å². The molecule has 1 atom stereocenters. The van der Waals surface area contributed by atoms with Crippen molar-refractivity contribution in [3.63, 3.8) is 0 Å². The lowest BCUT2D eigenvalue weighted by Crippen LogP contribution is -2.47. The van der Waals surface area contributed by atoms with Crippen LogP contribution in [0.5, 0.6) is 11.5 Å². The van der Waals surface area contributed by atoms with Crippen LogP contribution < -0.4 is 14.8 Å². The summed E-state index contributed by atoms with van der Waals surface area (Å²) < 4.78 is 10.9. The van der Waals surface area contributed by atoms with Gasteiger partial charge >= 0.3 is 0 Å². The van der Waals surface area contributed by atoms with Crippen LogP contribution in [0.2, 0.25) is 0 Å². The minimum absolute atomic E-state index is 0. The van der Waals surface area contributed by atoms with Crippen molar-refractivity contribution in [3.8, 4) is 11.5 Å². The lowest BCUT2D eigenvalue weighted by Gasteiger charge is -2.43. The van der Waals surface area contributed by atoms with Crippen LogP contribution in [-0.2, 0) is 0 Å². The second-order valence-electron chi connectivity index (χ2n) is 6.07. The average molecular weight is 363 g/mol. The van der Waals surface area contributed by atoms with Crippen molar-refractivity contribution in [2.45, 2.75) is 25.3 Å².